The van der Waals surface area contributed by atoms with Crippen molar-refractivity contribution in [3.05, 3.63) is 18.1 Å². The van der Waals surface area contributed by atoms with Gasteiger partial charge in [0.05, 0.1) is 18.5 Å². The number of aromatic nitrogens is 2. The minimum absolute atomic E-state index is 0.0820. The van der Waals surface area contributed by atoms with Crippen LogP contribution in [0.4, 0.5) is 5.82 Å². The van der Waals surface area contributed by atoms with E-state index in [0.717, 1.165) is 0 Å². The Hall–Kier alpha value is -1.69. The lowest BCUT2D eigenvalue weighted by atomic mass is 10.3. The second-order valence-electron chi connectivity index (χ2n) is 3.63. The first-order valence-corrected chi connectivity index (χ1v) is 4.95. The van der Waals surface area contributed by atoms with Gasteiger partial charge in [0, 0.05) is 13.6 Å². The Morgan fingerprint density at radius 3 is 2.81 bits per heavy atom. The molecule has 0 radical (unpaired) electrons. The third-order valence-electron chi connectivity index (χ3n) is 2.11. The van der Waals surface area contributed by atoms with Crippen LogP contribution in [0, 0.1) is 0 Å². The second kappa shape index (κ2) is 5.41. The van der Waals surface area contributed by atoms with E-state index >= 15 is 0 Å². The molecule has 0 saturated carbocycles. The predicted octanol–water partition coefficient (Wildman–Crippen LogP) is 0.382. The van der Waals surface area contributed by atoms with E-state index in [1.165, 1.54) is 12.4 Å². The number of carbonyl (C=O) groups is 1. The lowest BCUT2D eigenvalue weighted by Gasteiger charge is -2.18. The Kier molecular flexibility index (Phi) is 4.19. The summed E-state index contributed by atoms with van der Waals surface area (Å²) in [5, 5.41) is 17.9. The van der Waals surface area contributed by atoms with Crippen molar-refractivity contribution in [3.63, 3.8) is 0 Å². The van der Waals surface area contributed by atoms with Gasteiger partial charge in [0.1, 0.15) is 5.82 Å². The van der Waals surface area contributed by atoms with Crippen molar-refractivity contribution < 1.29 is 15.0 Å². The zero-order valence-corrected chi connectivity index (χ0v) is 9.29. The summed E-state index contributed by atoms with van der Waals surface area (Å²) in [5.41, 5.74) is -0.0820. The Morgan fingerprint density at radius 1 is 1.56 bits per heavy atom. The van der Waals surface area contributed by atoms with E-state index in [0.29, 0.717) is 18.8 Å². The number of rotatable bonds is 5. The van der Waals surface area contributed by atoms with Crippen LogP contribution in [0.3, 0.4) is 0 Å². The number of hydrogen-bond donors (Lipinski definition) is 2. The SMILES string of the molecule is CC(O)CCN(C)c1cncc(C(=O)O)n1. The van der Waals surface area contributed by atoms with Crippen LogP contribution in [0.25, 0.3) is 0 Å². The molecule has 16 heavy (non-hydrogen) atoms. The molecule has 0 bridgehead atoms. The molecule has 1 aromatic rings. The third kappa shape index (κ3) is 3.47. The Balaban J connectivity index is 2.71. The first-order chi connectivity index (χ1) is 7.50. The smallest absolute Gasteiger partial charge is 0.356 e. The summed E-state index contributed by atoms with van der Waals surface area (Å²) >= 11 is 0. The maximum Gasteiger partial charge on any atom is 0.356 e. The van der Waals surface area contributed by atoms with Crippen molar-refractivity contribution in [2.45, 2.75) is 19.4 Å². The highest BCUT2D eigenvalue weighted by Crippen LogP contribution is 2.08. The number of nitrogens with zero attached hydrogens (tertiary/aromatic N) is 3. The maximum absolute atomic E-state index is 10.7. The van der Waals surface area contributed by atoms with Gasteiger partial charge < -0.3 is 15.1 Å². The summed E-state index contributed by atoms with van der Waals surface area (Å²) < 4.78 is 0. The zero-order chi connectivity index (χ0) is 12.1. The van der Waals surface area contributed by atoms with Gasteiger partial charge in [-0.3, -0.25) is 4.98 Å². The molecule has 0 aliphatic carbocycles. The molecular formula is C10H15N3O3. The van der Waals surface area contributed by atoms with Crippen LogP contribution in [-0.4, -0.2) is 45.8 Å². The summed E-state index contributed by atoms with van der Waals surface area (Å²) in [7, 11) is 1.78. The number of carboxylic acid groups (broad SMARTS) is 1. The van der Waals surface area contributed by atoms with E-state index in [9.17, 15) is 4.79 Å². The van der Waals surface area contributed by atoms with Gasteiger partial charge in [-0.05, 0) is 13.3 Å². The highest BCUT2D eigenvalue weighted by molar-refractivity contribution is 5.85. The van der Waals surface area contributed by atoms with Crippen LogP contribution in [-0.2, 0) is 0 Å². The minimum atomic E-state index is -1.10. The largest absolute Gasteiger partial charge is 0.476 e. The summed E-state index contributed by atoms with van der Waals surface area (Å²) in [6, 6.07) is 0. The van der Waals surface area contributed by atoms with Crippen molar-refractivity contribution >= 4 is 11.8 Å². The summed E-state index contributed by atoms with van der Waals surface area (Å²) in [6.07, 6.45) is 2.90. The van der Waals surface area contributed by atoms with Gasteiger partial charge in [0.25, 0.3) is 0 Å². The fourth-order valence-electron chi connectivity index (χ4n) is 1.14. The molecule has 1 rings (SSSR count). The number of anilines is 1. The molecule has 0 aliphatic heterocycles. The van der Waals surface area contributed by atoms with Crippen LogP contribution in [0.2, 0.25) is 0 Å². The molecule has 2 N–H and O–H groups in total. The zero-order valence-electron chi connectivity index (χ0n) is 9.29. The molecule has 1 aromatic heterocycles. The molecule has 1 atom stereocenters. The minimum Gasteiger partial charge on any atom is -0.476 e. The summed E-state index contributed by atoms with van der Waals surface area (Å²) in [6.45, 7) is 2.29. The van der Waals surface area contributed by atoms with E-state index in [1.54, 1.807) is 18.9 Å². The summed E-state index contributed by atoms with van der Waals surface area (Å²) in [5.74, 6) is -0.612. The van der Waals surface area contributed by atoms with E-state index < -0.39 is 12.1 Å². The lowest BCUT2D eigenvalue weighted by molar-refractivity contribution is 0.0690. The molecule has 1 unspecified atom stereocenters. The first-order valence-electron chi connectivity index (χ1n) is 4.95. The van der Waals surface area contributed by atoms with Crippen molar-refractivity contribution in [1.29, 1.82) is 0 Å². The topological polar surface area (TPSA) is 86.5 Å². The van der Waals surface area contributed by atoms with Crippen LogP contribution in [0.1, 0.15) is 23.8 Å². The Bertz CT molecular complexity index is 368. The van der Waals surface area contributed by atoms with Crippen molar-refractivity contribution in [2.24, 2.45) is 0 Å². The van der Waals surface area contributed by atoms with Gasteiger partial charge >= 0.3 is 5.97 Å². The molecule has 88 valence electrons. The monoisotopic (exact) mass is 225 g/mol. The quantitative estimate of drug-likeness (QED) is 0.753. The van der Waals surface area contributed by atoms with E-state index in [4.69, 9.17) is 10.2 Å². The summed E-state index contributed by atoms with van der Waals surface area (Å²) in [4.78, 5) is 20.2. The fraction of sp³-hybridized carbons (Fsp3) is 0.500. The van der Waals surface area contributed by atoms with Gasteiger partial charge in [0.15, 0.2) is 5.69 Å². The van der Waals surface area contributed by atoms with E-state index in [2.05, 4.69) is 9.97 Å². The van der Waals surface area contributed by atoms with Gasteiger partial charge in [0.2, 0.25) is 0 Å². The third-order valence-corrected chi connectivity index (χ3v) is 2.11. The highest BCUT2D eigenvalue weighted by atomic mass is 16.4. The first kappa shape index (κ1) is 12.4. The van der Waals surface area contributed by atoms with E-state index in [-0.39, 0.29) is 5.69 Å². The van der Waals surface area contributed by atoms with Gasteiger partial charge in [-0.2, -0.15) is 0 Å². The van der Waals surface area contributed by atoms with Crippen LogP contribution < -0.4 is 4.90 Å². The number of aromatic carboxylic acids is 1. The molecule has 0 aliphatic rings. The normalized spacial score (nSPS) is 12.2. The van der Waals surface area contributed by atoms with Gasteiger partial charge in [-0.15, -0.1) is 0 Å². The lowest BCUT2D eigenvalue weighted by Crippen LogP contribution is -2.23. The molecular weight excluding hydrogens is 210 g/mol. The highest BCUT2D eigenvalue weighted by Gasteiger charge is 2.09. The van der Waals surface area contributed by atoms with Crippen LogP contribution >= 0.6 is 0 Å². The molecule has 0 spiro atoms. The number of aliphatic hydroxyl groups excluding tert-OH is 1. The molecule has 1 heterocycles. The van der Waals surface area contributed by atoms with Crippen molar-refractivity contribution in [1.82, 2.24) is 9.97 Å². The fourth-order valence-corrected chi connectivity index (χ4v) is 1.14. The van der Waals surface area contributed by atoms with Gasteiger partial charge in [-0.1, -0.05) is 0 Å². The van der Waals surface area contributed by atoms with Crippen molar-refractivity contribution in [2.75, 3.05) is 18.5 Å². The van der Waals surface area contributed by atoms with Crippen LogP contribution in [0.15, 0.2) is 12.4 Å². The second-order valence-corrected chi connectivity index (χ2v) is 3.63. The van der Waals surface area contributed by atoms with Crippen LogP contribution in [0.5, 0.6) is 0 Å². The standard InChI is InChI=1S/C10H15N3O3/c1-7(14)3-4-13(2)9-6-11-5-8(12-9)10(15)16/h5-7,14H,3-4H2,1-2H3,(H,15,16). The maximum atomic E-state index is 10.7. The number of aliphatic hydroxyl groups is 1. The molecule has 0 fully saturated rings. The molecule has 0 aromatic carbocycles. The molecule has 6 nitrogen and oxygen atoms in total. The Labute approximate surface area is 93.6 Å². The number of hydrogen-bond acceptors (Lipinski definition) is 5. The van der Waals surface area contributed by atoms with E-state index in [1.807, 2.05) is 0 Å². The molecule has 0 amide bonds. The average Bonchev–Trinajstić information content (AvgIpc) is 2.26. The average molecular weight is 225 g/mol. The van der Waals surface area contributed by atoms with Crippen molar-refractivity contribution in [3.8, 4) is 0 Å². The predicted molar refractivity (Wildman–Crippen MR) is 58.6 cm³/mol. The molecule has 6 heteroatoms. The van der Waals surface area contributed by atoms with Gasteiger partial charge in [-0.25, -0.2) is 9.78 Å². The number of carboxylic acids is 1. The Morgan fingerprint density at radius 2 is 2.25 bits per heavy atom. The molecule has 0 saturated heterocycles.